The Morgan fingerprint density at radius 1 is 1.37 bits per heavy atom. The van der Waals surface area contributed by atoms with Gasteiger partial charge < -0.3 is 10.1 Å². The molecule has 1 aromatic carbocycles. The van der Waals surface area contributed by atoms with Crippen molar-refractivity contribution in [2.75, 3.05) is 19.0 Å². The van der Waals surface area contributed by atoms with E-state index in [9.17, 15) is 0 Å². The van der Waals surface area contributed by atoms with Crippen molar-refractivity contribution < 1.29 is 4.74 Å². The molecule has 1 heterocycles. The first-order chi connectivity index (χ1) is 9.33. The summed E-state index contributed by atoms with van der Waals surface area (Å²) in [6.45, 7) is 0.681. The zero-order chi connectivity index (χ0) is 13.5. The van der Waals surface area contributed by atoms with E-state index in [1.54, 1.807) is 13.2 Å². The van der Waals surface area contributed by atoms with Gasteiger partial charge in [0.15, 0.2) is 5.82 Å². The number of hydrogen-bond acceptors (Lipinski definition) is 5. The van der Waals surface area contributed by atoms with E-state index >= 15 is 0 Å². The molecule has 0 aliphatic carbocycles. The Bertz CT molecular complexity index is 592. The molecule has 0 bridgehead atoms. The van der Waals surface area contributed by atoms with Crippen molar-refractivity contribution in [3.8, 4) is 11.8 Å². The van der Waals surface area contributed by atoms with Crippen LogP contribution in [0.15, 0.2) is 36.5 Å². The third kappa shape index (κ3) is 3.42. The standard InChI is InChI=1S/C14H14N4O/c1-19-13-4-2-3-11(9-13)5-7-16-14-12(10-15)6-8-17-18-14/h2-4,6,8-9H,5,7H2,1H3,(H,16,18). The number of nitrogens with one attached hydrogen (secondary N) is 1. The minimum absolute atomic E-state index is 0.501. The third-order valence-corrected chi connectivity index (χ3v) is 2.68. The summed E-state index contributed by atoms with van der Waals surface area (Å²) < 4.78 is 5.17. The molecule has 5 nitrogen and oxygen atoms in total. The summed E-state index contributed by atoms with van der Waals surface area (Å²) in [6, 6.07) is 11.6. The summed E-state index contributed by atoms with van der Waals surface area (Å²) in [5, 5.41) is 19.7. The van der Waals surface area contributed by atoms with Gasteiger partial charge in [-0.3, -0.25) is 0 Å². The van der Waals surface area contributed by atoms with Crippen LogP contribution in [0.5, 0.6) is 5.75 Å². The molecule has 2 rings (SSSR count). The SMILES string of the molecule is COc1cccc(CCNc2nnccc2C#N)c1. The second kappa shape index (κ2) is 6.36. The zero-order valence-corrected chi connectivity index (χ0v) is 10.6. The Morgan fingerprint density at radius 3 is 3.05 bits per heavy atom. The lowest BCUT2D eigenvalue weighted by Gasteiger charge is -2.07. The Morgan fingerprint density at radius 2 is 2.26 bits per heavy atom. The summed E-state index contributed by atoms with van der Waals surface area (Å²) in [4.78, 5) is 0. The highest BCUT2D eigenvalue weighted by atomic mass is 16.5. The van der Waals surface area contributed by atoms with Crippen LogP contribution in [0, 0.1) is 11.3 Å². The van der Waals surface area contributed by atoms with E-state index in [4.69, 9.17) is 10.00 Å². The predicted molar refractivity (Wildman–Crippen MR) is 71.9 cm³/mol. The molecule has 2 aromatic rings. The molecule has 1 aromatic heterocycles. The van der Waals surface area contributed by atoms with E-state index in [2.05, 4.69) is 21.6 Å². The van der Waals surface area contributed by atoms with Crippen molar-refractivity contribution in [1.29, 1.82) is 5.26 Å². The van der Waals surface area contributed by atoms with Gasteiger partial charge in [0.25, 0.3) is 0 Å². The molecule has 0 atom stereocenters. The largest absolute Gasteiger partial charge is 0.497 e. The maximum Gasteiger partial charge on any atom is 0.166 e. The van der Waals surface area contributed by atoms with E-state index in [0.717, 1.165) is 17.7 Å². The Labute approximate surface area is 111 Å². The molecule has 0 unspecified atom stereocenters. The molecule has 0 aliphatic rings. The number of nitrogens with zero attached hydrogens (tertiary/aromatic N) is 3. The van der Waals surface area contributed by atoms with Crippen molar-refractivity contribution in [2.45, 2.75) is 6.42 Å². The van der Waals surface area contributed by atoms with Crippen LogP contribution < -0.4 is 10.1 Å². The number of rotatable bonds is 5. The summed E-state index contributed by atoms with van der Waals surface area (Å²) in [7, 11) is 1.65. The average molecular weight is 254 g/mol. The predicted octanol–water partition coefficient (Wildman–Crippen LogP) is 2.01. The molecule has 96 valence electrons. The summed E-state index contributed by atoms with van der Waals surface area (Å²) in [5.41, 5.74) is 1.66. The van der Waals surface area contributed by atoms with Gasteiger partial charge in [0, 0.05) is 6.54 Å². The highest BCUT2D eigenvalue weighted by molar-refractivity contribution is 5.50. The van der Waals surface area contributed by atoms with Crippen molar-refractivity contribution in [1.82, 2.24) is 10.2 Å². The monoisotopic (exact) mass is 254 g/mol. The Kier molecular flexibility index (Phi) is 4.29. The fourth-order valence-electron chi connectivity index (χ4n) is 1.71. The second-order valence-corrected chi connectivity index (χ2v) is 3.93. The third-order valence-electron chi connectivity index (χ3n) is 2.68. The van der Waals surface area contributed by atoms with E-state index in [1.807, 2.05) is 24.3 Å². The molecule has 5 heteroatoms. The van der Waals surface area contributed by atoms with Gasteiger partial charge in [0.2, 0.25) is 0 Å². The van der Waals surface area contributed by atoms with Crippen molar-refractivity contribution in [2.24, 2.45) is 0 Å². The summed E-state index contributed by atoms with van der Waals surface area (Å²) in [5.74, 6) is 1.36. The van der Waals surface area contributed by atoms with Crippen molar-refractivity contribution in [3.05, 3.63) is 47.7 Å². The molecule has 19 heavy (non-hydrogen) atoms. The maximum atomic E-state index is 8.93. The van der Waals surface area contributed by atoms with E-state index in [1.165, 1.54) is 6.20 Å². The minimum Gasteiger partial charge on any atom is -0.497 e. The van der Waals surface area contributed by atoms with Crippen LogP contribution in [0.4, 0.5) is 5.82 Å². The number of ether oxygens (including phenoxy) is 1. The van der Waals surface area contributed by atoms with Crippen molar-refractivity contribution >= 4 is 5.82 Å². The first-order valence-electron chi connectivity index (χ1n) is 5.92. The van der Waals surface area contributed by atoms with Gasteiger partial charge in [-0.25, -0.2) is 0 Å². The zero-order valence-electron chi connectivity index (χ0n) is 10.6. The van der Waals surface area contributed by atoms with Gasteiger partial charge in [0.05, 0.1) is 18.9 Å². The highest BCUT2D eigenvalue weighted by Gasteiger charge is 2.02. The van der Waals surface area contributed by atoms with Crippen LogP contribution in [0.3, 0.4) is 0 Å². The van der Waals surface area contributed by atoms with E-state index in [0.29, 0.717) is 17.9 Å². The number of anilines is 1. The van der Waals surface area contributed by atoms with E-state index < -0.39 is 0 Å². The minimum atomic E-state index is 0.501. The molecular weight excluding hydrogens is 240 g/mol. The number of hydrogen-bond donors (Lipinski definition) is 1. The lowest BCUT2D eigenvalue weighted by Crippen LogP contribution is -2.08. The van der Waals surface area contributed by atoms with Gasteiger partial charge in [-0.2, -0.15) is 10.4 Å². The first kappa shape index (κ1) is 12.8. The van der Waals surface area contributed by atoms with Gasteiger partial charge in [-0.15, -0.1) is 5.10 Å². The van der Waals surface area contributed by atoms with Crippen LogP contribution in [0.2, 0.25) is 0 Å². The Balaban J connectivity index is 1.94. The molecule has 1 N–H and O–H groups in total. The number of methoxy groups -OCH3 is 1. The average Bonchev–Trinajstić information content (AvgIpc) is 2.48. The quantitative estimate of drug-likeness (QED) is 0.883. The number of benzene rings is 1. The topological polar surface area (TPSA) is 70.8 Å². The molecule has 0 aliphatic heterocycles. The van der Waals surface area contributed by atoms with Crippen LogP contribution in [-0.2, 0) is 6.42 Å². The molecule has 0 saturated heterocycles. The molecule has 0 fully saturated rings. The number of nitriles is 1. The molecule has 0 spiro atoms. The van der Waals surface area contributed by atoms with Crippen LogP contribution in [0.25, 0.3) is 0 Å². The molecule has 0 radical (unpaired) electrons. The lowest BCUT2D eigenvalue weighted by atomic mass is 10.1. The van der Waals surface area contributed by atoms with Gasteiger partial charge >= 0.3 is 0 Å². The molecular formula is C14H14N4O. The van der Waals surface area contributed by atoms with Crippen LogP contribution in [0.1, 0.15) is 11.1 Å². The molecule has 0 amide bonds. The van der Waals surface area contributed by atoms with Gasteiger partial charge in [-0.1, -0.05) is 12.1 Å². The molecule has 0 saturated carbocycles. The normalized spacial score (nSPS) is 9.68. The first-order valence-corrected chi connectivity index (χ1v) is 5.92. The highest BCUT2D eigenvalue weighted by Crippen LogP contribution is 2.13. The second-order valence-electron chi connectivity index (χ2n) is 3.93. The Hall–Kier alpha value is -2.61. The van der Waals surface area contributed by atoms with E-state index in [-0.39, 0.29) is 0 Å². The van der Waals surface area contributed by atoms with Crippen LogP contribution in [-0.4, -0.2) is 23.9 Å². The van der Waals surface area contributed by atoms with Crippen LogP contribution >= 0.6 is 0 Å². The van der Waals surface area contributed by atoms with Crippen molar-refractivity contribution in [3.63, 3.8) is 0 Å². The number of aromatic nitrogens is 2. The van der Waals surface area contributed by atoms with Gasteiger partial charge in [-0.05, 0) is 30.2 Å². The fraction of sp³-hybridized carbons (Fsp3) is 0.214. The summed E-state index contributed by atoms with van der Waals surface area (Å²) >= 11 is 0. The van der Waals surface area contributed by atoms with Gasteiger partial charge in [0.1, 0.15) is 11.8 Å². The lowest BCUT2D eigenvalue weighted by molar-refractivity contribution is 0.414. The smallest absolute Gasteiger partial charge is 0.166 e. The fourth-order valence-corrected chi connectivity index (χ4v) is 1.71. The maximum absolute atomic E-state index is 8.93. The summed E-state index contributed by atoms with van der Waals surface area (Å²) in [6.07, 6.45) is 2.32.